The molecule has 0 spiro atoms. The Bertz CT molecular complexity index is 548. The van der Waals surface area contributed by atoms with Gasteiger partial charge >= 0.3 is 0 Å². The van der Waals surface area contributed by atoms with E-state index in [-0.39, 0.29) is 0 Å². The molecule has 1 aromatic heterocycles. The molecule has 0 aliphatic rings. The van der Waals surface area contributed by atoms with Crippen LogP contribution in [-0.2, 0) is 6.42 Å². The summed E-state index contributed by atoms with van der Waals surface area (Å²) in [5.41, 5.74) is 6.84. The van der Waals surface area contributed by atoms with Crippen molar-refractivity contribution in [2.45, 2.75) is 16.3 Å². The molecule has 0 amide bonds. The Kier molecular flexibility index (Phi) is 5.06. The smallest absolute Gasteiger partial charge is 0.119 e. The summed E-state index contributed by atoms with van der Waals surface area (Å²) in [6.45, 7) is 0.625. The molecule has 0 saturated carbocycles. The van der Waals surface area contributed by atoms with Gasteiger partial charge in [0.2, 0.25) is 0 Å². The summed E-state index contributed by atoms with van der Waals surface area (Å²) >= 11 is 11.2. The van der Waals surface area contributed by atoms with Crippen molar-refractivity contribution < 1.29 is 0 Å². The average molecular weight is 344 g/mol. The van der Waals surface area contributed by atoms with E-state index < -0.39 is 0 Å². The molecule has 18 heavy (non-hydrogen) atoms. The van der Waals surface area contributed by atoms with E-state index in [1.54, 1.807) is 18.0 Å². The molecule has 2 rings (SSSR count). The molecule has 0 aliphatic carbocycles. The van der Waals surface area contributed by atoms with E-state index in [4.69, 9.17) is 17.3 Å². The minimum absolute atomic E-state index is 0.625. The van der Waals surface area contributed by atoms with Crippen LogP contribution in [0.1, 0.15) is 5.56 Å². The van der Waals surface area contributed by atoms with Crippen LogP contribution >= 0.6 is 39.3 Å². The highest BCUT2D eigenvalue weighted by atomic mass is 79.9. The Morgan fingerprint density at radius 1 is 1.33 bits per heavy atom. The molecule has 2 N–H and O–H groups in total. The second-order valence-corrected chi connectivity index (χ2v) is 6.04. The number of hydrogen-bond donors (Lipinski definition) is 1. The number of halogens is 2. The molecule has 0 saturated heterocycles. The van der Waals surface area contributed by atoms with E-state index in [0.717, 1.165) is 20.8 Å². The maximum absolute atomic E-state index is 6.12. The first-order valence-corrected chi connectivity index (χ1v) is 7.46. The normalized spacial score (nSPS) is 10.6. The van der Waals surface area contributed by atoms with Crippen molar-refractivity contribution in [1.29, 1.82) is 0 Å². The fourth-order valence-corrected chi connectivity index (χ4v) is 3.11. The number of hydrogen-bond acceptors (Lipinski definition) is 3. The monoisotopic (exact) mass is 342 g/mol. The van der Waals surface area contributed by atoms with Gasteiger partial charge in [0.05, 0.1) is 5.02 Å². The van der Waals surface area contributed by atoms with Crippen LogP contribution in [-0.4, -0.2) is 11.5 Å². The summed E-state index contributed by atoms with van der Waals surface area (Å²) in [5, 5.41) is 1.49. The molecule has 1 aromatic carbocycles. The van der Waals surface area contributed by atoms with Crippen LogP contribution in [0.2, 0.25) is 5.02 Å². The highest BCUT2D eigenvalue weighted by Gasteiger charge is 2.08. The first kappa shape index (κ1) is 13.9. The van der Waals surface area contributed by atoms with Crippen molar-refractivity contribution in [2.75, 3.05) is 6.54 Å². The van der Waals surface area contributed by atoms with Gasteiger partial charge in [0.1, 0.15) is 5.03 Å². The SMILES string of the molecule is NCCc1cc(Br)ccc1Sc1ncccc1Cl. The molecular formula is C13H12BrClN2S. The van der Waals surface area contributed by atoms with Crippen LogP contribution in [0.4, 0.5) is 0 Å². The van der Waals surface area contributed by atoms with E-state index >= 15 is 0 Å². The summed E-state index contributed by atoms with van der Waals surface area (Å²) in [6, 6.07) is 9.84. The fourth-order valence-electron chi connectivity index (χ4n) is 1.55. The van der Waals surface area contributed by atoms with E-state index in [1.165, 1.54) is 5.56 Å². The quantitative estimate of drug-likeness (QED) is 0.906. The van der Waals surface area contributed by atoms with E-state index in [1.807, 2.05) is 18.2 Å². The number of nitrogens with zero attached hydrogens (tertiary/aromatic N) is 1. The Morgan fingerprint density at radius 2 is 2.17 bits per heavy atom. The van der Waals surface area contributed by atoms with Crippen molar-refractivity contribution in [2.24, 2.45) is 5.73 Å². The van der Waals surface area contributed by atoms with E-state index in [9.17, 15) is 0 Å². The predicted molar refractivity (Wildman–Crippen MR) is 80.3 cm³/mol. The molecule has 0 unspecified atom stereocenters. The third-order valence-electron chi connectivity index (χ3n) is 2.37. The number of rotatable bonds is 4. The van der Waals surface area contributed by atoms with Gasteiger partial charge in [0, 0.05) is 15.6 Å². The molecule has 0 radical (unpaired) electrons. The highest BCUT2D eigenvalue weighted by Crippen LogP contribution is 2.34. The van der Waals surface area contributed by atoms with Gasteiger partial charge in [-0.1, -0.05) is 39.3 Å². The van der Waals surface area contributed by atoms with Crippen LogP contribution < -0.4 is 5.73 Å². The Morgan fingerprint density at radius 3 is 2.89 bits per heavy atom. The first-order valence-electron chi connectivity index (χ1n) is 5.47. The van der Waals surface area contributed by atoms with Gasteiger partial charge in [-0.3, -0.25) is 0 Å². The van der Waals surface area contributed by atoms with Crippen molar-refractivity contribution in [3.63, 3.8) is 0 Å². The van der Waals surface area contributed by atoms with Crippen molar-refractivity contribution in [3.05, 3.63) is 51.6 Å². The molecular weight excluding hydrogens is 332 g/mol. The first-order chi connectivity index (χ1) is 8.70. The lowest BCUT2D eigenvalue weighted by Crippen LogP contribution is -2.03. The Hall–Kier alpha value is -0.550. The molecule has 0 fully saturated rings. The van der Waals surface area contributed by atoms with Crippen LogP contribution in [0, 0.1) is 0 Å². The summed E-state index contributed by atoms with van der Waals surface area (Å²) in [4.78, 5) is 5.43. The molecule has 0 bridgehead atoms. The average Bonchev–Trinajstić information content (AvgIpc) is 2.35. The number of nitrogens with two attached hydrogens (primary N) is 1. The van der Waals surface area contributed by atoms with Gasteiger partial charge in [0.15, 0.2) is 0 Å². The van der Waals surface area contributed by atoms with E-state index in [2.05, 4.69) is 33.0 Å². The van der Waals surface area contributed by atoms with Crippen LogP contribution in [0.25, 0.3) is 0 Å². The molecule has 2 aromatic rings. The molecule has 0 atom stereocenters. The third-order valence-corrected chi connectivity index (χ3v) is 4.41. The molecule has 94 valence electrons. The second kappa shape index (κ2) is 6.57. The molecule has 5 heteroatoms. The summed E-state index contributed by atoms with van der Waals surface area (Å²) < 4.78 is 1.06. The second-order valence-electron chi connectivity index (χ2n) is 3.68. The van der Waals surface area contributed by atoms with Gasteiger partial charge < -0.3 is 5.73 Å². The highest BCUT2D eigenvalue weighted by molar-refractivity contribution is 9.10. The van der Waals surface area contributed by atoms with Crippen LogP contribution in [0.15, 0.2) is 50.9 Å². The lowest BCUT2D eigenvalue weighted by atomic mass is 10.1. The lowest BCUT2D eigenvalue weighted by Gasteiger charge is -2.09. The maximum atomic E-state index is 6.12. The van der Waals surface area contributed by atoms with Gasteiger partial charge in [-0.05, 0) is 48.9 Å². The summed E-state index contributed by atoms with van der Waals surface area (Å²) in [6.07, 6.45) is 2.59. The van der Waals surface area contributed by atoms with Crippen LogP contribution in [0.5, 0.6) is 0 Å². The van der Waals surface area contributed by atoms with Crippen LogP contribution in [0.3, 0.4) is 0 Å². The molecule has 2 nitrogen and oxygen atoms in total. The van der Waals surface area contributed by atoms with Crippen molar-refractivity contribution in [3.8, 4) is 0 Å². The predicted octanol–water partition coefficient (Wildman–Crippen LogP) is 4.15. The zero-order chi connectivity index (χ0) is 13.0. The fraction of sp³-hybridized carbons (Fsp3) is 0.154. The van der Waals surface area contributed by atoms with Crippen molar-refractivity contribution in [1.82, 2.24) is 4.98 Å². The van der Waals surface area contributed by atoms with E-state index in [0.29, 0.717) is 11.6 Å². The van der Waals surface area contributed by atoms with Gasteiger partial charge in [-0.2, -0.15) is 0 Å². The largest absolute Gasteiger partial charge is 0.330 e. The Labute approximate surface area is 124 Å². The van der Waals surface area contributed by atoms with Gasteiger partial charge in [-0.25, -0.2) is 4.98 Å². The third kappa shape index (κ3) is 3.48. The minimum atomic E-state index is 0.625. The zero-order valence-electron chi connectivity index (χ0n) is 9.57. The number of aromatic nitrogens is 1. The summed E-state index contributed by atoms with van der Waals surface area (Å²) in [7, 11) is 0. The summed E-state index contributed by atoms with van der Waals surface area (Å²) in [5.74, 6) is 0. The topological polar surface area (TPSA) is 38.9 Å². The maximum Gasteiger partial charge on any atom is 0.119 e. The number of pyridine rings is 1. The van der Waals surface area contributed by atoms with Gasteiger partial charge in [0.25, 0.3) is 0 Å². The molecule has 0 aliphatic heterocycles. The van der Waals surface area contributed by atoms with Crippen molar-refractivity contribution >= 4 is 39.3 Å². The standard InChI is InChI=1S/C13H12BrClN2S/c14-10-3-4-12(9(8-10)5-6-16)18-13-11(15)2-1-7-17-13/h1-4,7-8H,5-6,16H2. The Balaban J connectivity index is 2.31. The lowest BCUT2D eigenvalue weighted by molar-refractivity contribution is 0.942. The number of benzene rings is 1. The van der Waals surface area contributed by atoms with Gasteiger partial charge in [-0.15, -0.1) is 0 Å². The minimum Gasteiger partial charge on any atom is -0.330 e. The molecule has 1 heterocycles. The zero-order valence-corrected chi connectivity index (χ0v) is 12.7.